The van der Waals surface area contributed by atoms with Gasteiger partial charge < -0.3 is 10.4 Å². The predicted octanol–water partition coefficient (Wildman–Crippen LogP) is 1.69. The molecule has 7 heteroatoms. The van der Waals surface area contributed by atoms with Crippen LogP contribution in [-0.4, -0.2) is 33.8 Å². The highest BCUT2D eigenvalue weighted by Gasteiger charge is 2.22. The molecule has 0 aliphatic rings. The number of nitrogens with one attached hydrogen (secondary N) is 1. The van der Waals surface area contributed by atoms with Crippen LogP contribution in [0.2, 0.25) is 0 Å². The number of aromatic nitrogens is 2. The van der Waals surface area contributed by atoms with Gasteiger partial charge in [-0.25, -0.2) is 9.18 Å². The molecule has 2 N–H and O–H groups in total. The summed E-state index contributed by atoms with van der Waals surface area (Å²) < 4.78 is 14.5. The largest absolute Gasteiger partial charge is 0.477 e. The molecular formula is C14H14FN3O3. The van der Waals surface area contributed by atoms with Gasteiger partial charge in [-0.1, -0.05) is 12.1 Å². The topological polar surface area (TPSA) is 84.2 Å². The number of carboxylic acids is 1. The zero-order valence-corrected chi connectivity index (χ0v) is 11.5. The molecule has 1 atom stereocenters. The highest BCUT2D eigenvalue weighted by molar-refractivity contribution is 5.95. The second-order valence-corrected chi connectivity index (χ2v) is 4.47. The molecule has 2 rings (SSSR count). The first kappa shape index (κ1) is 14.7. The number of carbonyl (C=O) groups is 2. The third kappa shape index (κ3) is 2.91. The fraction of sp³-hybridized carbons (Fsp3) is 0.214. The lowest BCUT2D eigenvalue weighted by atomic mass is 10.1. The number of carboxylic acid groups (broad SMARTS) is 1. The third-order valence-electron chi connectivity index (χ3n) is 3.11. The Kier molecular flexibility index (Phi) is 4.02. The molecule has 6 nitrogen and oxygen atoms in total. The number of rotatable bonds is 4. The first-order valence-corrected chi connectivity index (χ1v) is 6.24. The Morgan fingerprint density at radius 1 is 1.38 bits per heavy atom. The monoisotopic (exact) mass is 291 g/mol. The minimum atomic E-state index is -1.21. The molecule has 0 radical (unpaired) electrons. The Morgan fingerprint density at radius 3 is 2.67 bits per heavy atom. The second kappa shape index (κ2) is 5.74. The smallest absolute Gasteiger partial charge is 0.354 e. The van der Waals surface area contributed by atoms with E-state index in [1.165, 1.54) is 36.0 Å². The number of benzene rings is 1. The maximum Gasteiger partial charge on any atom is 0.354 e. The van der Waals surface area contributed by atoms with Crippen molar-refractivity contribution >= 4 is 11.9 Å². The fourth-order valence-electron chi connectivity index (χ4n) is 2.00. The minimum absolute atomic E-state index is 0.00171. The Morgan fingerprint density at radius 2 is 2.10 bits per heavy atom. The van der Waals surface area contributed by atoms with Crippen molar-refractivity contribution in [3.05, 3.63) is 53.1 Å². The predicted molar refractivity (Wildman–Crippen MR) is 72.8 cm³/mol. The maximum atomic E-state index is 13.3. The highest BCUT2D eigenvalue weighted by atomic mass is 19.1. The number of aromatic carboxylic acids is 1. The van der Waals surface area contributed by atoms with Gasteiger partial charge in [0, 0.05) is 13.1 Å². The quantitative estimate of drug-likeness (QED) is 0.897. The van der Waals surface area contributed by atoms with Crippen LogP contribution in [0.3, 0.4) is 0 Å². The average molecular weight is 291 g/mol. The zero-order chi connectivity index (χ0) is 15.6. The summed E-state index contributed by atoms with van der Waals surface area (Å²) in [6, 6.07) is 6.47. The average Bonchev–Trinajstić information content (AvgIpc) is 2.91. The first-order chi connectivity index (χ1) is 9.93. The van der Waals surface area contributed by atoms with Crippen molar-refractivity contribution in [2.45, 2.75) is 13.0 Å². The number of amides is 1. The van der Waals surface area contributed by atoms with Gasteiger partial charge in [-0.15, -0.1) is 0 Å². The van der Waals surface area contributed by atoms with E-state index >= 15 is 0 Å². The van der Waals surface area contributed by atoms with Gasteiger partial charge in [-0.2, -0.15) is 5.10 Å². The van der Waals surface area contributed by atoms with E-state index in [9.17, 15) is 19.1 Å². The van der Waals surface area contributed by atoms with Crippen molar-refractivity contribution in [2.24, 2.45) is 0 Å². The molecule has 0 saturated carbocycles. The summed E-state index contributed by atoms with van der Waals surface area (Å²) >= 11 is 0. The van der Waals surface area contributed by atoms with Crippen molar-refractivity contribution < 1.29 is 19.1 Å². The van der Waals surface area contributed by atoms with E-state index in [2.05, 4.69) is 10.4 Å². The molecule has 0 bridgehead atoms. The zero-order valence-electron chi connectivity index (χ0n) is 11.5. The van der Waals surface area contributed by atoms with Gasteiger partial charge in [0.25, 0.3) is 5.91 Å². The van der Waals surface area contributed by atoms with Gasteiger partial charge in [0.15, 0.2) is 5.69 Å². The van der Waals surface area contributed by atoms with Crippen LogP contribution in [0.15, 0.2) is 30.3 Å². The molecule has 0 spiro atoms. The molecule has 1 aromatic carbocycles. The number of nitrogens with zero attached hydrogens (tertiary/aromatic N) is 2. The molecule has 0 unspecified atom stereocenters. The normalized spacial score (nSPS) is 12.0. The minimum Gasteiger partial charge on any atom is -0.477 e. The Hall–Kier alpha value is -2.70. The van der Waals surface area contributed by atoms with Crippen molar-refractivity contribution in [3.63, 3.8) is 0 Å². The van der Waals surface area contributed by atoms with Gasteiger partial charge in [0.05, 0.1) is 6.04 Å². The van der Waals surface area contributed by atoms with Gasteiger partial charge >= 0.3 is 5.97 Å². The lowest BCUT2D eigenvalue weighted by molar-refractivity contribution is 0.0681. The van der Waals surface area contributed by atoms with Gasteiger partial charge in [0.1, 0.15) is 11.5 Å². The summed E-state index contributed by atoms with van der Waals surface area (Å²) in [5.74, 6) is -2.11. The molecule has 0 aliphatic carbocycles. The van der Waals surface area contributed by atoms with Gasteiger partial charge in [0.2, 0.25) is 0 Å². The summed E-state index contributed by atoms with van der Waals surface area (Å²) in [5.41, 5.74) is 0.424. The summed E-state index contributed by atoms with van der Waals surface area (Å²) in [6.45, 7) is 1.68. The molecule has 2 aromatic rings. The lowest BCUT2D eigenvalue weighted by Crippen LogP contribution is -2.19. The van der Waals surface area contributed by atoms with Crippen LogP contribution in [0, 0.1) is 5.82 Å². The van der Waals surface area contributed by atoms with E-state index in [4.69, 9.17) is 0 Å². The summed E-state index contributed by atoms with van der Waals surface area (Å²) in [5, 5.41) is 15.6. The van der Waals surface area contributed by atoms with Crippen LogP contribution in [0.1, 0.15) is 39.5 Å². The number of hydrogen-bond donors (Lipinski definition) is 2. The molecule has 21 heavy (non-hydrogen) atoms. The van der Waals surface area contributed by atoms with Crippen molar-refractivity contribution in [1.82, 2.24) is 15.1 Å². The fourth-order valence-corrected chi connectivity index (χ4v) is 2.00. The first-order valence-electron chi connectivity index (χ1n) is 6.24. The van der Waals surface area contributed by atoms with Crippen molar-refractivity contribution in [2.75, 3.05) is 7.05 Å². The Bertz CT molecular complexity index is 697. The molecule has 0 saturated heterocycles. The number of hydrogen-bond acceptors (Lipinski definition) is 3. The van der Waals surface area contributed by atoms with E-state index < -0.39 is 23.7 Å². The van der Waals surface area contributed by atoms with Crippen molar-refractivity contribution in [3.8, 4) is 0 Å². The SMILES string of the molecule is CNC(=O)c1cc(C(=O)O)n([C@@H](C)c2cccc(F)c2)n1. The molecule has 1 aromatic heterocycles. The Labute approximate surface area is 120 Å². The lowest BCUT2D eigenvalue weighted by Gasteiger charge is -2.14. The third-order valence-corrected chi connectivity index (χ3v) is 3.11. The molecule has 1 heterocycles. The van der Waals surface area contributed by atoms with E-state index in [1.54, 1.807) is 13.0 Å². The molecule has 0 aliphatic heterocycles. The van der Waals surface area contributed by atoms with Gasteiger partial charge in [-0.3, -0.25) is 9.48 Å². The Balaban J connectivity index is 2.49. The highest BCUT2D eigenvalue weighted by Crippen LogP contribution is 2.21. The van der Waals surface area contributed by atoms with Crippen LogP contribution in [0.25, 0.3) is 0 Å². The van der Waals surface area contributed by atoms with Crippen LogP contribution in [0.5, 0.6) is 0 Å². The van der Waals surface area contributed by atoms with Gasteiger partial charge in [-0.05, 0) is 24.6 Å². The van der Waals surface area contributed by atoms with Crippen LogP contribution >= 0.6 is 0 Å². The molecule has 110 valence electrons. The van der Waals surface area contributed by atoms with E-state index in [0.29, 0.717) is 5.56 Å². The summed E-state index contributed by atoms with van der Waals surface area (Å²) in [7, 11) is 1.43. The summed E-state index contributed by atoms with van der Waals surface area (Å²) in [4.78, 5) is 22.9. The number of halogens is 1. The van der Waals surface area contributed by atoms with Crippen molar-refractivity contribution in [1.29, 1.82) is 0 Å². The van der Waals surface area contributed by atoms with E-state index in [1.807, 2.05) is 0 Å². The standard InChI is InChI=1S/C14H14FN3O3/c1-8(9-4-3-5-10(15)6-9)18-12(14(20)21)7-11(17-18)13(19)16-2/h3-8H,1-2H3,(H,16,19)(H,20,21)/t8-/m0/s1. The maximum absolute atomic E-state index is 13.3. The molecule has 1 amide bonds. The summed E-state index contributed by atoms with van der Waals surface area (Å²) in [6.07, 6.45) is 0. The second-order valence-electron chi connectivity index (χ2n) is 4.47. The van der Waals surface area contributed by atoms with E-state index in [0.717, 1.165) is 0 Å². The van der Waals surface area contributed by atoms with Crippen LogP contribution in [-0.2, 0) is 0 Å². The molecular weight excluding hydrogens is 277 g/mol. The molecule has 0 fully saturated rings. The number of carbonyl (C=O) groups excluding carboxylic acids is 1. The van der Waals surface area contributed by atoms with Crippen LogP contribution < -0.4 is 5.32 Å². The van der Waals surface area contributed by atoms with E-state index in [-0.39, 0.29) is 11.4 Å². The van der Waals surface area contributed by atoms with Crippen LogP contribution in [0.4, 0.5) is 4.39 Å².